The van der Waals surface area contributed by atoms with Gasteiger partial charge in [0.05, 0.1) is 18.0 Å². The van der Waals surface area contributed by atoms with Crippen molar-refractivity contribution in [2.45, 2.75) is 31.9 Å². The number of carbonyl (C=O) groups excluding carboxylic acids is 2. The molecule has 1 aliphatic heterocycles. The quantitative estimate of drug-likeness (QED) is 0.549. The van der Waals surface area contributed by atoms with Gasteiger partial charge in [0.15, 0.2) is 0 Å². The van der Waals surface area contributed by atoms with Gasteiger partial charge in [-0.15, -0.1) is 0 Å². The summed E-state index contributed by atoms with van der Waals surface area (Å²) >= 11 is 1.25. The van der Waals surface area contributed by atoms with Crippen molar-refractivity contribution < 1.29 is 14.3 Å². The highest BCUT2D eigenvalue weighted by atomic mass is 32.2. The summed E-state index contributed by atoms with van der Waals surface area (Å²) in [6.07, 6.45) is 1.48. The number of anilines is 2. The van der Waals surface area contributed by atoms with Crippen LogP contribution in [0.4, 0.5) is 11.4 Å². The van der Waals surface area contributed by atoms with Crippen LogP contribution in [0.25, 0.3) is 0 Å². The van der Waals surface area contributed by atoms with E-state index in [9.17, 15) is 14.9 Å². The van der Waals surface area contributed by atoms with Crippen LogP contribution in [0.5, 0.6) is 5.75 Å². The van der Waals surface area contributed by atoms with Crippen LogP contribution in [0.3, 0.4) is 0 Å². The largest absolute Gasteiger partial charge is 0.495 e. The van der Waals surface area contributed by atoms with E-state index in [2.05, 4.69) is 12.2 Å². The lowest BCUT2D eigenvalue weighted by Gasteiger charge is -2.19. The Kier molecular flexibility index (Phi) is 6.80. The molecule has 1 atom stereocenters. The SMILES string of the molecule is CCc1ccc(N2C(=O)C(CC)S/C2=C(/C#N)C(=O)Nc2ccccc2OC)cc1. The molecule has 0 radical (unpaired) electrons. The first-order valence-corrected chi connectivity index (χ1v) is 10.6. The Balaban J connectivity index is 2.02. The summed E-state index contributed by atoms with van der Waals surface area (Å²) in [5.74, 6) is -0.217. The zero-order valence-corrected chi connectivity index (χ0v) is 18.0. The van der Waals surface area contributed by atoms with Crippen LogP contribution >= 0.6 is 11.8 Å². The first-order valence-electron chi connectivity index (χ1n) is 9.72. The molecule has 1 aliphatic rings. The first-order chi connectivity index (χ1) is 14.5. The van der Waals surface area contributed by atoms with Crippen LogP contribution in [0.15, 0.2) is 59.1 Å². The number of nitrogens with one attached hydrogen (secondary N) is 1. The molecular weight excluding hydrogens is 398 g/mol. The molecule has 2 aromatic rings. The van der Waals surface area contributed by atoms with Crippen molar-refractivity contribution in [3.8, 4) is 11.8 Å². The number of nitriles is 1. The average molecular weight is 422 g/mol. The number of benzene rings is 2. The van der Waals surface area contributed by atoms with E-state index in [1.54, 1.807) is 24.3 Å². The highest BCUT2D eigenvalue weighted by Crippen LogP contribution is 2.42. The molecule has 1 saturated heterocycles. The lowest BCUT2D eigenvalue weighted by atomic mass is 10.1. The maximum atomic E-state index is 13.0. The average Bonchev–Trinajstić information content (AvgIpc) is 3.10. The molecule has 0 bridgehead atoms. The van der Waals surface area contributed by atoms with E-state index in [1.165, 1.54) is 23.8 Å². The third kappa shape index (κ3) is 4.19. The second-order valence-corrected chi connectivity index (χ2v) is 7.85. The summed E-state index contributed by atoms with van der Waals surface area (Å²) in [4.78, 5) is 27.5. The molecule has 1 fully saturated rings. The molecule has 2 aromatic carbocycles. The highest BCUT2D eigenvalue weighted by molar-refractivity contribution is 8.05. The lowest BCUT2D eigenvalue weighted by molar-refractivity contribution is -0.117. The van der Waals surface area contributed by atoms with Crippen molar-refractivity contribution in [3.05, 3.63) is 64.7 Å². The third-order valence-electron chi connectivity index (χ3n) is 4.83. The number of thioether (sulfide) groups is 1. The Bertz CT molecular complexity index is 1020. The van der Waals surface area contributed by atoms with Gasteiger partial charge in [0.1, 0.15) is 22.4 Å². The van der Waals surface area contributed by atoms with Gasteiger partial charge in [0, 0.05) is 5.69 Å². The van der Waals surface area contributed by atoms with Crippen molar-refractivity contribution in [2.24, 2.45) is 0 Å². The van der Waals surface area contributed by atoms with Gasteiger partial charge in [-0.25, -0.2) is 0 Å². The number of nitrogens with zero attached hydrogens (tertiary/aromatic N) is 2. The summed E-state index contributed by atoms with van der Waals surface area (Å²) in [6, 6.07) is 16.6. The Morgan fingerprint density at radius 2 is 1.90 bits per heavy atom. The Morgan fingerprint density at radius 1 is 1.20 bits per heavy atom. The second-order valence-electron chi connectivity index (χ2n) is 6.65. The molecule has 0 spiro atoms. The molecule has 6 nitrogen and oxygen atoms in total. The van der Waals surface area contributed by atoms with Crippen molar-refractivity contribution in [1.82, 2.24) is 0 Å². The fourth-order valence-corrected chi connectivity index (χ4v) is 4.36. The van der Waals surface area contributed by atoms with Crippen LogP contribution < -0.4 is 15.0 Å². The first kappa shape index (κ1) is 21.5. The molecule has 2 amide bonds. The highest BCUT2D eigenvalue weighted by Gasteiger charge is 2.39. The van der Waals surface area contributed by atoms with Gasteiger partial charge in [-0.1, -0.05) is 49.9 Å². The van der Waals surface area contributed by atoms with Crippen molar-refractivity contribution in [1.29, 1.82) is 5.26 Å². The van der Waals surface area contributed by atoms with E-state index in [0.29, 0.717) is 28.6 Å². The zero-order valence-electron chi connectivity index (χ0n) is 17.1. The number of methoxy groups -OCH3 is 1. The van der Waals surface area contributed by atoms with E-state index in [1.807, 2.05) is 37.3 Å². The third-order valence-corrected chi connectivity index (χ3v) is 6.26. The van der Waals surface area contributed by atoms with E-state index >= 15 is 0 Å². The maximum absolute atomic E-state index is 13.0. The molecule has 0 saturated carbocycles. The Labute approximate surface area is 180 Å². The van der Waals surface area contributed by atoms with Gasteiger partial charge < -0.3 is 10.1 Å². The number of carbonyl (C=O) groups is 2. The summed E-state index contributed by atoms with van der Waals surface area (Å²) in [7, 11) is 1.51. The van der Waals surface area contributed by atoms with E-state index < -0.39 is 5.91 Å². The Morgan fingerprint density at radius 3 is 2.50 bits per heavy atom. The van der Waals surface area contributed by atoms with Crippen molar-refractivity contribution in [2.75, 3.05) is 17.3 Å². The molecule has 1 heterocycles. The summed E-state index contributed by atoms with van der Waals surface area (Å²) in [5, 5.41) is 12.5. The number of ether oxygens (including phenoxy) is 1. The second kappa shape index (κ2) is 9.51. The molecule has 0 aromatic heterocycles. The summed E-state index contributed by atoms with van der Waals surface area (Å²) < 4.78 is 5.27. The molecule has 7 heteroatoms. The molecule has 1 unspecified atom stereocenters. The standard InChI is InChI=1S/C23H23N3O3S/c1-4-15-10-12-16(13-11-15)26-22(28)20(5-2)30-23(26)17(14-24)21(27)25-18-8-6-7-9-19(18)29-3/h6-13,20H,4-5H2,1-3H3,(H,25,27)/b23-17-. The zero-order chi connectivity index (χ0) is 21.7. The van der Waals surface area contributed by atoms with Gasteiger partial charge in [0.25, 0.3) is 5.91 Å². The number of aryl methyl sites for hydroxylation is 1. The van der Waals surface area contributed by atoms with Crippen LogP contribution in [-0.2, 0) is 16.0 Å². The minimum atomic E-state index is -0.579. The van der Waals surface area contributed by atoms with Crippen LogP contribution in [0.2, 0.25) is 0 Å². The van der Waals surface area contributed by atoms with Crippen LogP contribution in [-0.4, -0.2) is 24.2 Å². The topological polar surface area (TPSA) is 82.4 Å². The predicted molar refractivity (Wildman–Crippen MR) is 119 cm³/mol. The number of hydrogen-bond acceptors (Lipinski definition) is 5. The molecule has 3 rings (SSSR count). The Hall–Kier alpha value is -3.24. The fourth-order valence-electron chi connectivity index (χ4n) is 3.16. The maximum Gasteiger partial charge on any atom is 0.269 e. The van der Waals surface area contributed by atoms with Gasteiger partial charge in [-0.05, 0) is 42.7 Å². The smallest absolute Gasteiger partial charge is 0.269 e. The van der Waals surface area contributed by atoms with E-state index in [0.717, 1.165) is 12.0 Å². The van der Waals surface area contributed by atoms with Gasteiger partial charge >= 0.3 is 0 Å². The lowest BCUT2D eigenvalue weighted by Crippen LogP contribution is -2.29. The molecular formula is C23H23N3O3S. The molecule has 154 valence electrons. The van der Waals surface area contributed by atoms with Gasteiger partial charge in [-0.3, -0.25) is 14.5 Å². The van der Waals surface area contributed by atoms with E-state index in [4.69, 9.17) is 4.74 Å². The van der Waals surface area contributed by atoms with Gasteiger partial charge in [0.2, 0.25) is 5.91 Å². The molecule has 1 N–H and O–H groups in total. The number of amides is 2. The summed E-state index contributed by atoms with van der Waals surface area (Å²) in [6.45, 7) is 3.97. The normalized spacial score (nSPS) is 17.5. The van der Waals surface area contributed by atoms with Crippen molar-refractivity contribution in [3.63, 3.8) is 0 Å². The fraction of sp³-hybridized carbons (Fsp3) is 0.261. The van der Waals surface area contributed by atoms with Crippen LogP contribution in [0.1, 0.15) is 25.8 Å². The number of rotatable bonds is 6. The minimum Gasteiger partial charge on any atom is -0.495 e. The van der Waals surface area contributed by atoms with E-state index in [-0.39, 0.29) is 16.7 Å². The predicted octanol–water partition coefficient (Wildman–Crippen LogP) is 4.49. The van der Waals surface area contributed by atoms with Gasteiger partial charge in [-0.2, -0.15) is 5.26 Å². The molecule has 0 aliphatic carbocycles. The minimum absolute atomic E-state index is 0.102. The summed E-state index contributed by atoms with van der Waals surface area (Å²) in [5.41, 5.74) is 2.15. The monoisotopic (exact) mass is 421 g/mol. The number of hydrogen-bond donors (Lipinski definition) is 1. The van der Waals surface area contributed by atoms with Crippen molar-refractivity contribution >= 4 is 35.0 Å². The van der Waals surface area contributed by atoms with Crippen LogP contribution in [0, 0.1) is 11.3 Å². The number of para-hydroxylation sites is 2. The molecule has 30 heavy (non-hydrogen) atoms.